The topological polar surface area (TPSA) is 49.8 Å². The molecular weight excluding hydrogens is 212 g/mol. The molecule has 0 spiro atoms. The van der Waals surface area contributed by atoms with Gasteiger partial charge in [-0.3, -0.25) is 0 Å². The average Bonchev–Trinajstić information content (AvgIpc) is 2.28. The number of halogens is 1. The molecule has 0 radical (unpaired) electrons. The lowest BCUT2D eigenvalue weighted by Crippen LogP contribution is -2.39. The summed E-state index contributed by atoms with van der Waals surface area (Å²) in [5.41, 5.74) is 0. The molecule has 1 aromatic heterocycles. The summed E-state index contributed by atoms with van der Waals surface area (Å²) in [7, 11) is 0. The van der Waals surface area contributed by atoms with E-state index in [4.69, 9.17) is 11.6 Å². The molecule has 1 saturated heterocycles. The maximum atomic E-state index is 5.76. The molecule has 0 aliphatic carbocycles. The highest BCUT2D eigenvalue weighted by Gasteiger charge is 2.12. The number of hydrogen-bond acceptors (Lipinski definition) is 4. The predicted octanol–water partition coefficient (Wildman–Crippen LogP) is 1.68. The maximum Gasteiger partial charge on any atom is 0.224 e. The Morgan fingerprint density at radius 3 is 3.20 bits per heavy atom. The number of anilines is 1. The first-order valence-electron chi connectivity index (χ1n) is 5.30. The highest BCUT2D eigenvalue weighted by Crippen LogP contribution is 2.09. The van der Waals surface area contributed by atoms with Crippen molar-refractivity contribution in [1.82, 2.24) is 15.3 Å². The molecule has 1 aliphatic rings. The van der Waals surface area contributed by atoms with Gasteiger partial charge in [-0.05, 0) is 25.5 Å². The zero-order valence-corrected chi connectivity index (χ0v) is 9.30. The maximum absolute atomic E-state index is 5.76. The molecule has 0 amide bonds. The van der Waals surface area contributed by atoms with Crippen molar-refractivity contribution in [1.29, 1.82) is 0 Å². The third-order valence-electron chi connectivity index (χ3n) is 2.54. The van der Waals surface area contributed by atoms with E-state index in [1.807, 2.05) is 0 Å². The van der Waals surface area contributed by atoms with Crippen molar-refractivity contribution in [2.75, 3.05) is 18.4 Å². The molecule has 1 aliphatic heterocycles. The van der Waals surface area contributed by atoms with Crippen LogP contribution in [0.1, 0.15) is 19.3 Å². The zero-order chi connectivity index (χ0) is 10.5. The Morgan fingerprint density at radius 2 is 2.47 bits per heavy atom. The number of rotatable bonds is 3. The van der Waals surface area contributed by atoms with E-state index in [0.717, 1.165) is 13.1 Å². The van der Waals surface area contributed by atoms with Gasteiger partial charge in [0.05, 0.1) is 0 Å². The lowest BCUT2D eigenvalue weighted by Gasteiger charge is -2.23. The first-order chi connectivity index (χ1) is 7.34. The summed E-state index contributed by atoms with van der Waals surface area (Å²) in [5, 5.41) is 7.11. The van der Waals surface area contributed by atoms with Crippen LogP contribution in [0.4, 0.5) is 5.95 Å². The third kappa shape index (κ3) is 3.32. The van der Waals surface area contributed by atoms with Crippen LogP contribution in [0.15, 0.2) is 12.3 Å². The molecule has 2 heterocycles. The van der Waals surface area contributed by atoms with Crippen molar-refractivity contribution in [3.63, 3.8) is 0 Å². The standard InChI is InChI=1S/C10H15ClN4/c11-9-4-6-13-10(15-9)14-7-8-3-1-2-5-12-8/h4,6,8,12H,1-3,5,7H2,(H,13,14,15)/t8-/m0/s1. The van der Waals surface area contributed by atoms with Gasteiger partial charge in [-0.2, -0.15) is 0 Å². The minimum absolute atomic E-state index is 0.476. The van der Waals surface area contributed by atoms with Crippen molar-refractivity contribution >= 4 is 17.5 Å². The van der Waals surface area contributed by atoms with Crippen LogP contribution in [0.2, 0.25) is 5.15 Å². The monoisotopic (exact) mass is 226 g/mol. The minimum Gasteiger partial charge on any atom is -0.353 e. The molecule has 2 N–H and O–H groups in total. The smallest absolute Gasteiger partial charge is 0.224 e. The van der Waals surface area contributed by atoms with Gasteiger partial charge in [-0.1, -0.05) is 18.0 Å². The van der Waals surface area contributed by atoms with Crippen LogP contribution in [-0.2, 0) is 0 Å². The zero-order valence-electron chi connectivity index (χ0n) is 8.54. The lowest BCUT2D eigenvalue weighted by atomic mass is 10.1. The molecule has 0 unspecified atom stereocenters. The van der Waals surface area contributed by atoms with Crippen molar-refractivity contribution in [3.05, 3.63) is 17.4 Å². The molecule has 15 heavy (non-hydrogen) atoms. The predicted molar refractivity (Wildman–Crippen MR) is 61.2 cm³/mol. The number of piperidine rings is 1. The molecule has 0 aromatic carbocycles. The summed E-state index contributed by atoms with van der Waals surface area (Å²) >= 11 is 5.76. The normalized spacial score (nSPS) is 21.3. The first kappa shape index (κ1) is 10.6. The molecule has 1 fully saturated rings. The molecule has 0 saturated carbocycles. The van der Waals surface area contributed by atoms with Gasteiger partial charge in [0.15, 0.2) is 0 Å². The van der Waals surface area contributed by atoms with Crippen LogP contribution in [0, 0.1) is 0 Å². The minimum atomic E-state index is 0.476. The summed E-state index contributed by atoms with van der Waals surface area (Å²) < 4.78 is 0. The Kier molecular flexibility index (Phi) is 3.75. The van der Waals surface area contributed by atoms with Crippen molar-refractivity contribution < 1.29 is 0 Å². The largest absolute Gasteiger partial charge is 0.353 e. The average molecular weight is 227 g/mol. The number of aromatic nitrogens is 2. The van der Waals surface area contributed by atoms with Crippen molar-refractivity contribution in [2.24, 2.45) is 0 Å². The summed E-state index contributed by atoms with van der Waals surface area (Å²) in [6, 6.07) is 2.20. The van der Waals surface area contributed by atoms with Crippen LogP contribution < -0.4 is 10.6 Å². The van der Waals surface area contributed by atoms with Gasteiger partial charge >= 0.3 is 0 Å². The molecule has 0 bridgehead atoms. The van der Waals surface area contributed by atoms with E-state index in [-0.39, 0.29) is 0 Å². The van der Waals surface area contributed by atoms with Crippen LogP contribution in [0.5, 0.6) is 0 Å². The Morgan fingerprint density at radius 1 is 1.53 bits per heavy atom. The molecule has 1 atom stereocenters. The molecule has 82 valence electrons. The number of hydrogen-bond donors (Lipinski definition) is 2. The summed E-state index contributed by atoms with van der Waals surface area (Å²) in [4.78, 5) is 8.16. The van der Waals surface area contributed by atoms with E-state index in [9.17, 15) is 0 Å². The SMILES string of the molecule is Clc1ccnc(NC[C@@H]2CCCCN2)n1. The van der Waals surface area contributed by atoms with E-state index in [0.29, 0.717) is 17.1 Å². The van der Waals surface area contributed by atoms with Gasteiger partial charge in [0.1, 0.15) is 5.15 Å². The second-order valence-electron chi connectivity index (χ2n) is 3.73. The van der Waals surface area contributed by atoms with Crippen molar-refractivity contribution in [3.8, 4) is 0 Å². The fraction of sp³-hybridized carbons (Fsp3) is 0.600. The molecular formula is C10H15ClN4. The van der Waals surface area contributed by atoms with Gasteiger partial charge in [-0.25, -0.2) is 9.97 Å². The van der Waals surface area contributed by atoms with Crippen LogP contribution in [0.3, 0.4) is 0 Å². The Balaban J connectivity index is 1.81. The van der Waals surface area contributed by atoms with Gasteiger partial charge in [0.25, 0.3) is 0 Å². The van der Waals surface area contributed by atoms with Gasteiger partial charge in [0, 0.05) is 18.8 Å². The van der Waals surface area contributed by atoms with E-state index in [1.54, 1.807) is 12.3 Å². The van der Waals surface area contributed by atoms with Crippen LogP contribution in [-0.4, -0.2) is 29.1 Å². The van der Waals surface area contributed by atoms with Gasteiger partial charge in [-0.15, -0.1) is 0 Å². The van der Waals surface area contributed by atoms with Crippen LogP contribution >= 0.6 is 11.6 Å². The van der Waals surface area contributed by atoms with Crippen molar-refractivity contribution in [2.45, 2.75) is 25.3 Å². The van der Waals surface area contributed by atoms with E-state index in [2.05, 4.69) is 20.6 Å². The second kappa shape index (κ2) is 5.28. The molecule has 2 rings (SSSR count). The van der Waals surface area contributed by atoms with Gasteiger partial charge < -0.3 is 10.6 Å². The fourth-order valence-electron chi connectivity index (χ4n) is 1.73. The van der Waals surface area contributed by atoms with E-state index >= 15 is 0 Å². The lowest BCUT2D eigenvalue weighted by molar-refractivity contribution is 0.413. The quantitative estimate of drug-likeness (QED) is 0.771. The number of nitrogens with one attached hydrogen (secondary N) is 2. The third-order valence-corrected chi connectivity index (χ3v) is 2.75. The Labute approximate surface area is 94.5 Å². The first-order valence-corrected chi connectivity index (χ1v) is 5.68. The Hall–Kier alpha value is -0.870. The summed E-state index contributed by atoms with van der Waals surface area (Å²) in [5.74, 6) is 0.606. The van der Waals surface area contributed by atoms with E-state index in [1.165, 1.54) is 19.3 Å². The van der Waals surface area contributed by atoms with Gasteiger partial charge in [0.2, 0.25) is 5.95 Å². The van der Waals surface area contributed by atoms with E-state index < -0.39 is 0 Å². The molecule has 4 nitrogen and oxygen atoms in total. The summed E-state index contributed by atoms with van der Waals surface area (Å²) in [6.45, 7) is 1.98. The molecule has 1 aromatic rings. The summed E-state index contributed by atoms with van der Waals surface area (Å²) in [6.07, 6.45) is 5.46. The fourth-order valence-corrected chi connectivity index (χ4v) is 1.87. The highest BCUT2D eigenvalue weighted by atomic mass is 35.5. The van der Waals surface area contributed by atoms with Crippen LogP contribution in [0.25, 0.3) is 0 Å². The number of nitrogens with zero attached hydrogens (tertiary/aromatic N) is 2. The highest BCUT2D eigenvalue weighted by molar-refractivity contribution is 6.29. The molecule has 5 heteroatoms. The second-order valence-corrected chi connectivity index (χ2v) is 4.12. The Bertz CT molecular complexity index is 312.